The number of amides is 1. The lowest BCUT2D eigenvalue weighted by molar-refractivity contribution is 0.0952. The van der Waals surface area contributed by atoms with Crippen LogP contribution in [0.15, 0.2) is 48.5 Å². The highest BCUT2D eigenvalue weighted by atomic mass is 35.5. The second-order valence-electron chi connectivity index (χ2n) is 7.52. The van der Waals surface area contributed by atoms with Gasteiger partial charge >= 0.3 is 0 Å². The fourth-order valence-electron chi connectivity index (χ4n) is 3.79. The first kappa shape index (κ1) is 23.3. The van der Waals surface area contributed by atoms with Crippen molar-refractivity contribution >= 4 is 45.8 Å². The number of carbonyl (C=O) groups excluding carboxylic acids is 1. The summed E-state index contributed by atoms with van der Waals surface area (Å²) in [6, 6.07) is 15.7. The van der Waals surface area contributed by atoms with E-state index in [2.05, 4.69) is 43.8 Å². The number of nitrogens with one attached hydrogen (secondary N) is 1. The smallest absolute Gasteiger partial charge is 0.251 e. The molecule has 2 heterocycles. The molecule has 1 fully saturated rings. The van der Waals surface area contributed by atoms with Crippen LogP contribution in [-0.4, -0.2) is 61.6 Å². The van der Waals surface area contributed by atoms with E-state index in [0.717, 1.165) is 57.1 Å². The summed E-state index contributed by atoms with van der Waals surface area (Å²) >= 11 is 1.58. The first-order valence-electron chi connectivity index (χ1n) is 10.5. The molecule has 0 saturated carbocycles. The van der Waals surface area contributed by atoms with Gasteiger partial charge in [-0.25, -0.2) is 0 Å². The van der Waals surface area contributed by atoms with Gasteiger partial charge in [-0.15, -0.1) is 12.4 Å². The van der Waals surface area contributed by atoms with Crippen LogP contribution in [0.1, 0.15) is 23.2 Å². The van der Waals surface area contributed by atoms with E-state index in [1.54, 1.807) is 30.8 Å². The summed E-state index contributed by atoms with van der Waals surface area (Å²) in [6.07, 6.45) is 2.07. The summed E-state index contributed by atoms with van der Waals surface area (Å²) in [7, 11) is 1.62. The fraction of sp³-hybridized carbons (Fsp3) is 0.391. The van der Waals surface area contributed by atoms with Crippen LogP contribution in [0.2, 0.25) is 0 Å². The number of carbonyl (C=O) groups is 1. The molecular weight excluding hydrogens is 432 g/mol. The second kappa shape index (κ2) is 11.3. The van der Waals surface area contributed by atoms with Crippen molar-refractivity contribution in [2.24, 2.45) is 0 Å². The number of hydrogen-bond acceptors (Lipinski definition) is 6. The van der Waals surface area contributed by atoms with E-state index in [9.17, 15) is 4.79 Å². The second-order valence-corrected chi connectivity index (χ2v) is 8.33. The minimum absolute atomic E-state index is 0. The van der Waals surface area contributed by atoms with Crippen LogP contribution in [0.25, 0.3) is 10.1 Å². The van der Waals surface area contributed by atoms with Gasteiger partial charge in [0.05, 0.1) is 11.8 Å². The van der Waals surface area contributed by atoms with Crippen molar-refractivity contribution in [2.75, 3.05) is 51.3 Å². The van der Waals surface area contributed by atoms with E-state index in [1.165, 1.54) is 10.1 Å². The Morgan fingerprint density at radius 3 is 2.55 bits per heavy atom. The van der Waals surface area contributed by atoms with Crippen LogP contribution in [0.4, 0.5) is 5.82 Å². The quantitative estimate of drug-likeness (QED) is 0.514. The lowest BCUT2D eigenvalue weighted by Gasteiger charge is -2.35. The molecule has 0 bridgehead atoms. The van der Waals surface area contributed by atoms with Crippen LogP contribution in [0.5, 0.6) is 5.75 Å². The molecule has 0 aliphatic carbocycles. The zero-order valence-electron chi connectivity index (χ0n) is 17.8. The maximum atomic E-state index is 12.2. The predicted octanol–water partition coefficient (Wildman–Crippen LogP) is 4.06. The molecule has 0 unspecified atom stereocenters. The summed E-state index contributed by atoms with van der Waals surface area (Å²) in [5.41, 5.74) is 0.668. The van der Waals surface area contributed by atoms with E-state index < -0.39 is 0 Å². The minimum atomic E-state index is -0.0262. The molecule has 1 aliphatic rings. The highest BCUT2D eigenvalue weighted by molar-refractivity contribution is 7.13. The van der Waals surface area contributed by atoms with Gasteiger partial charge in [0.15, 0.2) is 0 Å². The third-order valence-corrected chi connectivity index (χ3v) is 6.39. The number of benzene rings is 2. The van der Waals surface area contributed by atoms with Gasteiger partial charge in [0.25, 0.3) is 5.91 Å². The largest absolute Gasteiger partial charge is 0.497 e. The first-order chi connectivity index (χ1) is 14.7. The van der Waals surface area contributed by atoms with Gasteiger partial charge in [-0.3, -0.25) is 9.69 Å². The van der Waals surface area contributed by atoms with E-state index in [1.807, 2.05) is 12.1 Å². The third-order valence-electron chi connectivity index (χ3n) is 5.57. The zero-order chi connectivity index (χ0) is 20.8. The van der Waals surface area contributed by atoms with Crippen LogP contribution < -0.4 is 15.0 Å². The summed E-state index contributed by atoms with van der Waals surface area (Å²) < 4.78 is 11.1. The highest BCUT2D eigenvalue weighted by Gasteiger charge is 2.20. The molecule has 1 aliphatic heterocycles. The number of nitrogens with zero attached hydrogens (tertiary/aromatic N) is 3. The average molecular weight is 461 g/mol. The standard InChI is InChI=1S/C23H28N4O2S.ClH/c1-29-19-10-8-18(9-11-19)23(28)24-12-4-5-13-26-14-16-27(17-15-26)22-20-6-2-3-7-21(20)30-25-22;/h2-3,6-11H,4-5,12-17H2,1H3,(H,24,28);1H. The molecule has 4 rings (SSSR count). The molecule has 1 amide bonds. The molecule has 1 saturated heterocycles. The Morgan fingerprint density at radius 2 is 1.81 bits per heavy atom. The number of fused-ring (bicyclic) bond motifs is 1. The number of rotatable bonds is 8. The maximum Gasteiger partial charge on any atom is 0.251 e. The molecule has 6 nitrogen and oxygen atoms in total. The summed E-state index contributed by atoms with van der Waals surface area (Å²) in [4.78, 5) is 17.1. The lowest BCUT2D eigenvalue weighted by atomic mass is 10.2. The molecule has 1 aromatic heterocycles. The van der Waals surface area contributed by atoms with Crippen molar-refractivity contribution in [3.05, 3.63) is 54.1 Å². The number of anilines is 1. The summed E-state index contributed by atoms with van der Waals surface area (Å²) in [5, 5.41) is 4.27. The van der Waals surface area contributed by atoms with Crippen molar-refractivity contribution in [1.29, 1.82) is 0 Å². The first-order valence-corrected chi connectivity index (χ1v) is 11.3. The number of halogens is 1. The predicted molar refractivity (Wildman–Crippen MR) is 130 cm³/mol. The maximum absolute atomic E-state index is 12.2. The molecule has 0 radical (unpaired) electrons. The van der Waals surface area contributed by atoms with Gasteiger partial charge in [0.1, 0.15) is 11.6 Å². The number of methoxy groups -OCH3 is 1. The van der Waals surface area contributed by atoms with E-state index >= 15 is 0 Å². The molecule has 31 heavy (non-hydrogen) atoms. The van der Waals surface area contributed by atoms with E-state index in [4.69, 9.17) is 4.74 Å². The fourth-order valence-corrected chi connectivity index (χ4v) is 4.59. The van der Waals surface area contributed by atoms with Gasteiger partial charge < -0.3 is 15.0 Å². The van der Waals surface area contributed by atoms with Crippen molar-refractivity contribution in [3.63, 3.8) is 0 Å². The Bertz CT molecular complexity index is 971. The Hall–Kier alpha value is -2.35. The molecule has 0 atom stereocenters. The molecule has 8 heteroatoms. The Morgan fingerprint density at radius 1 is 1.06 bits per heavy atom. The molecular formula is C23H29ClN4O2S. The molecule has 2 aromatic carbocycles. The van der Waals surface area contributed by atoms with Gasteiger partial charge in [-0.2, -0.15) is 4.37 Å². The SMILES string of the molecule is COc1ccc(C(=O)NCCCCN2CCN(c3nsc4ccccc34)CC2)cc1.Cl. The van der Waals surface area contributed by atoms with Crippen molar-refractivity contribution in [2.45, 2.75) is 12.8 Å². The zero-order valence-corrected chi connectivity index (χ0v) is 19.4. The van der Waals surface area contributed by atoms with Crippen molar-refractivity contribution in [1.82, 2.24) is 14.6 Å². The highest BCUT2D eigenvalue weighted by Crippen LogP contribution is 2.29. The van der Waals surface area contributed by atoms with Crippen LogP contribution in [0.3, 0.4) is 0 Å². The number of aromatic nitrogens is 1. The topological polar surface area (TPSA) is 57.7 Å². The van der Waals surface area contributed by atoms with Gasteiger partial charge in [0.2, 0.25) is 0 Å². The van der Waals surface area contributed by atoms with Crippen LogP contribution in [0, 0.1) is 0 Å². The van der Waals surface area contributed by atoms with E-state index in [-0.39, 0.29) is 18.3 Å². The minimum Gasteiger partial charge on any atom is -0.497 e. The molecule has 3 aromatic rings. The number of ether oxygens (including phenoxy) is 1. The summed E-state index contributed by atoms with van der Waals surface area (Å²) in [5.74, 6) is 1.87. The number of piperazine rings is 1. The molecule has 1 N–H and O–H groups in total. The van der Waals surface area contributed by atoms with Gasteiger partial charge in [-0.05, 0) is 67.3 Å². The third kappa shape index (κ3) is 5.87. The Labute approximate surface area is 193 Å². The van der Waals surface area contributed by atoms with Crippen LogP contribution in [-0.2, 0) is 0 Å². The van der Waals surface area contributed by atoms with Gasteiger partial charge in [-0.1, -0.05) is 12.1 Å². The summed E-state index contributed by atoms with van der Waals surface area (Å²) in [6.45, 7) is 5.93. The van der Waals surface area contributed by atoms with Gasteiger partial charge in [0, 0.05) is 43.7 Å². The lowest BCUT2D eigenvalue weighted by Crippen LogP contribution is -2.46. The van der Waals surface area contributed by atoms with Crippen LogP contribution >= 0.6 is 23.9 Å². The molecule has 0 spiro atoms. The monoisotopic (exact) mass is 460 g/mol. The van der Waals surface area contributed by atoms with Crippen molar-refractivity contribution < 1.29 is 9.53 Å². The number of hydrogen-bond donors (Lipinski definition) is 1. The molecule has 166 valence electrons. The Kier molecular flexibility index (Phi) is 8.51. The average Bonchev–Trinajstić information content (AvgIpc) is 3.23. The number of unbranched alkanes of at least 4 members (excludes halogenated alkanes) is 1. The normalized spacial score (nSPS) is 14.3. The Balaban J connectivity index is 0.00000272. The van der Waals surface area contributed by atoms with Crippen molar-refractivity contribution in [3.8, 4) is 5.75 Å². The van der Waals surface area contributed by atoms with E-state index in [0.29, 0.717) is 12.1 Å².